The number of benzene rings is 10. The third-order valence-corrected chi connectivity index (χ3v) is 13.2. The van der Waals surface area contributed by atoms with Crippen LogP contribution in [0.5, 0.6) is 0 Å². The summed E-state index contributed by atoms with van der Waals surface area (Å²) in [4.78, 5) is 4.82. The van der Waals surface area contributed by atoms with Gasteiger partial charge in [0.05, 0.1) is 5.69 Å². The van der Waals surface area contributed by atoms with Crippen molar-refractivity contribution in [1.29, 1.82) is 0 Å². The predicted molar refractivity (Wildman–Crippen MR) is 263 cm³/mol. The molecular weight excluding hydrogens is 749 g/mol. The van der Waals surface area contributed by atoms with Gasteiger partial charge in [0.2, 0.25) is 0 Å². The Hall–Kier alpha value is -7.68. The minimum Gasteiger partial charge on any atom is -0.310 e. The Bertz CT molecular complexity index is 3360. The second kappa shape index (κ2) is 15.1. The average Bonchev–Trinajstić information content (AvgIpc) is 3.35. The van der Waals surface area contributed by atoms with E-state index >= 15 is 0 Å². The largest absolute Gasteiger partial charge is 0.310 e. The molecule has 0 bridgehead atoms. The van der Waals surface area contributed by atoms with E-state index in [1.54, 1.807) is 0 Å². The van der Waals surface area contributed by atoms with Crippen molar-refractivity contribution < 1.29 is 0 Å². The molecule has 10 aromatic rings. The van der Waals surface area contributed by atoms with Crippen molar-refractivity contribution in [2.24, 2.45) is 0 Å². The van der Waals surface area contributed by atoms with E-state index in [2.05, 4.69) is 234 Å². The quantitative estimate of drug-likeness (QED) is 0.151. The monoisotopic (exact) mass is 792 g/mol. The van der Waals surface area contributed by atoms with Crippen molar-refractivity contribution in [3.63, 3.8) is 0 Å². The van der Waals surface area contributed by atoms with Crippen LogP contribution in [0.3, 0.4) is 0 Å². The van der Waals surface area contributed by atoms with Gasteiger partial charge in [-0.15, -0.1) is 0 Å². The van der Waals surface area contributed by atoms with Gasteiger partial charge in [-0.1, -0.05) is 170 Å². The smallest absolute Gasteiger partial charge is 0.0540 e. The SMILES string of the molecule is C1=C(N(c2ccccc2)c2ccc(C3CC=c4ccc5c(-c6ccc(N(c7ccccc7)c7cccc8ccccc78)cc6)ccc6ccc3c4c65)cc2)c2ccccc2CC1. The maximum absolute atomic E-state index is 2.47. The van der Waals surface area contributed by atoms with Crippen LogP contribution in [0, 0.1) is 0 Å². The van der Waals surface area contributed by atoms with E-state index in [4.69, 9.17) is 0 Å². The van der Waals surface area contributed by atoms with Crippen LogP contribution in [0.2, 0.25) is 0 Å². The Kier molecular flexibility index (Phi) is 8.81. The Morgan fingerprint density at radius 1 is 0.403 bits per heavy atom. The molecule has 10 aromatic carbocycles. The number of para-hydroxylation sites is 2. The highest BCUT2D eigenvalue weighted by Crippen LogP contribution is 2.44. The van der Waals surface area contributed by atoms with Gasteiger partial charge in [-0.05, 0) is 134 Å². The topological polar surface area (TPSA) is 6.48 Å². The van der Waals surface area contributed by atoms with E-state index in [9.17, 15) is 0 Å². The molecule has 1 unspecified atom stereocenters. The summed E-state index contributed by atoms with van der Waals surface area (Å²) in [6.07, 6.45) is 7.97. The molecule has 0 saturated heterocycles. The first kappa shape index (κ1) is 36.2. The summed E-state index contributed by atoms with van der Waals surface area (Å²) in [5.41, 5.74) is 15.0. The molecule has 0 radical (unpaired) electrons. The van der Waals surface area contributed by atoms with Crippen LogP contribution in [0.15, 0.2) is 218 Å². The first-order valence-electron chi connectivity index (χ1n) is 21.9. The number of nitrogens with zero attached hydrogens (tertiary/aromatic N) is 2. The van der Waals surface area contributed by atoms with E-state index in [-0.39, 0.29) is 5.92 Å². The number of allylic oxidation sites excluding steroid dienone is 1. The Labute approximate surface area is 362 Å². The van der Waals surface area contributed by atoms with Crippen LogP contribution in [0.4, 0.5) is 28.4 Å². The minimum atomic E-state index is 0.271. The molecule has 0 aromatic heterocycles. The molecule has 0 aliphatic heterocycles. The van der Waals surface area contributed by atoms with E-state index in [0.29, 0.717) is 0 Å². The molecule has 294 valence electrons. The lowest BCUT2D eigenvalue weighted by atomic mass is 9.79. The van der Waals surface area contributed by atoms with Gasteiger partial charge in [0.25, 0.3) is 0 Å². The van der Waals surface area contributed by atoms with Gasteiger partial charge in [-0.25, -0.2) is 0 Å². The Morgan fingerprint density at radius 3 is 1.89 bits per heavy atom. The summed E-state index contributed by atoms with van der Waals surface area (Å²) < 4.78 is 0. The van der Waals surface area contributed by atoms with Crippen LogP contribution < -0.4 is 15.0 Å². The molecule has 12 rings (SSSR count). The zero-order valence-electron chi connectivity index (χ0n) is 34.5. The van der Waals surface area contributed by atoms with Crippen molar-refractivity contribution in [3.8, 4) is 11.1 Å². The number of fused-ring (bicyclic) bond motifs is 2. The van der Waals surface area contributed by atoms with Crippen LogP contribution in [0.25, 0.3) is 55.2 Å². The van der Waals surface area contributed by atoms with Gasteiger partial charge in [-0.3, -0.25) is 0 Å². The zero-order chi connectivity index (χ0) is 41.0. The lowest BCUT2D eigenvalue weighted by Gasteiger charge is -2.32. The summed E-state index contributed by atoms with van der Waals surface area (Å²) in [5, 5.41) is 9.13. The van der Waals surface area contributed by atoms with Gasteiger partial charge in [-0.2, -0.15) is 0 Å². The fraction of sp³-hybridized carbons (Fsp3) is 0.0667. The molecular formula is C60H44N2. The third-order valence-electron chi connectivity index (χ3n) is 13.2. The van der Waals surface area contributed by atoms with E-state index in [0.717, 1.165) is 30.6 Å². The van der Waals surface area contributed by atoms with Crippen molar-refractivity contribution >= 4 is 72.5 Å². The van der Waals surface area contributed by atoms with Gasteiger partial charge < -0.3 is 9.80 Å². The van der Waals surface area contributed by atoms with Crippen LogP contribution in [-0.2, 0) is 6.42 Å². The summed E-state index contributed by atoms with van der Waals surface area (Å²) in [6.45, 7) is 0. The molecule has 0 N–H and O–H groups in total. The summed E-state index contributed by atoms with van der Waals surface area (Å²) in [5.74, 6) is 0.271. The standard InChI is InChI=1S/C60H44N2/c1-3-17-47(18-4-1)61(57-23-11-15-41-13-7-9-21-53(41)57)49-33-25-43(26-34-49)51-37-29-45-32-40-56-52(38-30-46-31-39-55(51)59(45)60(46)56)44-27-35-50(36-28-44)62(48-19-5-2-6-20-48)58-24-12-16-42-14-8-10-22-54(42)58/h1-11,13-15,17-37,39-40,52H,12,16,38H2. The highest BCUT2D eigenvalue weighted by atomic mass is 15.2. The van der Waals surface area contributed by atoms with Crippen LogP contribution in [-0.4, -0.2) is 0 Å². The van der Waals surface area contributed by atoms with Crippen molar-refractivity contribution in [2.45, 2.75) is 25.2 Å². The van der Waals surface area contributed by atoms with Gasteiger partial charge >= 0.3 is 0 Å². The van der Waals surface area contributed by atoms with Gasteiger partial charge in [0.1, 0.15) is 0 Å². The second-order valence-corrected chi connectivity index (χ2v) is 16.7. The lowest BCUT2D eigenvalue weighted by molar-refractivity contribution is 0.853. The lowest BCUT2D eigenvalue weighted by Crippen LogP contribution is -2.19. The molecule has 2 nitrogen and oxygen atoms in total. The average molecular weight is 793 g/mol. The maximum Gasteiger partial charge on any atom is 0.0540 e. The fourth-order valence-corrected chi connectivity index (χ4v) is 10.3. The zero-order valence-corrected chi connectivity index (χ0v) is 34.5. The number of hydrogen-bond acceptors (Lipinski definition) is 2. The molecule has 62 heavy (non-hydrogen) atoms. The molecule has 2 heteroatoms. The molecule has 0 heterocycles. The Morgan fingerprint density at radius 2 is 1.06 bits per heavy atom. The highest BCUT2D eigenvalue weighted by molar-refractivity contribution is 6.16. The third kappa shape index (κ3) is 6.10. The second-order valence-electron chi connectivity index (χ2n) is 16.7. The molecule has 1 atom stereocenters. The first-order chi connectivity index (χ1) is 30.8. The summed E-state index contributed by atoms with van der Waals surface area (Å²) in [7, 11) is 0. The number of rotatable bonds is 8. The van der Waals surface area contributed by atoms with Crippen LogP contribution >= 0.6 is 0 Å². The summed E-state index contributed by atoms with van der Waals surface area (Å²) >= 11 is 0. The van der Waals surface area contributed by atoms with Crippen LogP contribution in [0.1, 0.15) is 41.0 Å². The predicted octanol–water partition coefficient (Wildman–Crippen LogP) is 15.4. The number of aryl methyl sites for hydroxylation is 1. The Balaban J connectivity index is 0.912. The molecule has 0 spiro atoms. The number of anilines is 5. The van der Waals surface area contributed by atoms with Gasteiger partial charge in [0.15, 0.2) is 0 Å². The first-order valence-corrected chi connectivity index (χ1v) is 21.9. The molecule has 2 aliphatic rings. The van der Waals surface area contributed by atoms with Crippen molar-refractivity contribution in [3.05, 3.63) is 246 Å². The van der Waals surface area contributed by atoms with E-state index in [1.807, 2.05) is 0 Å². The minimum absolute atomic E-state index is 0.271. The molecule has 2 aliphatic carbocycles. The van der Waals surface area contributed by atoms with E-state index < -0.39 is 0 Å². The highest BCUT2D eigenvalue weighted by Gasteiger charge is 2.25. The molecule has 0 amide bonds. The van der Waals surface area contributed by atoms with Gasteiger partial charge in [0, 0.05) is 45.3 Å². The maximum atomic E-state index is 2.47. The van der Waals surface area contributed by atoms with Crippen molar-refractivity contribution in [2.75, 3.05) is 9.80 Å². The normalized spacial score (nSPS) is 14.3. The summed E-state index contributed by atoms with van der Waals surface area (Å²) in [6, 6.07) is 78.3. The van der Waals surface area contributed by atoms with Crippen molar-refractivity contribution in [1.82, 2.24) is 0 Å². The number of hydrogen-bond donors (Lipinski definition) is 0. The molecule has 0 saturated carbocycles. The fourth-order valence-electron chi connectivity index (χ4n) is 10.3. The molecule has 0 fully saturated rings. The van der Waals surface area contributed by atoms with E-state index in [1.165, 1.54) is 93.7 Å².